The summed E-state index contributed by atoms with van der Waals surface area (Å²) in [7, 11) is 0. The number of carbonyl (C=O) groups is 1. The Morgan fingerprint density at radius 2 is 2.00 bits per heavy atom. The normalized spacial score (nSPS) is 22.3. The molecule has 0 spiro atoms. The van der Waals surface area contributed by atoms with Crippen LogP contribution in [0.5, 0.6) is 0 Å². The molecule has 26 heavy (non-hydrogen) atoms. The minimum atomic E-state index is 0.0922. The van der Waals surface area contributed by atoms with Crippen molar-refractivity contribution in [1.82, 2.24) is 15.1 Å². The summed E-state index contributed by atoms with van der Waals surface area (Å²) in [6, 6.07) is 7.97. The minimum Gasteiger partial charge on any atom is -0.379 e. The van der Waals surface area contributed by atoms with Crippen molar-refractivity contribution < 1.29 is 9.53 Å². The van der Waals surface area contributed by atoms with Crippen LogP contribution in [0.2, 0.25) is 5.02 Å². The fraction of sp³-hybridized carbons (Fsp3) is 0.650. The molecule has 1 N–H and O–H groups in total. The average molecular weight is 380 g/mol. The molecule has 2 aliphatic rings. The Morgan fingerprint density at radius 1 is 1.19 bits per heavy atom. The number of nitrogens with one attached hydrogen (secondary N) is 1. The van der Waals surface area contributed by atoms with E-state index in [2.05, 4.69) is 21.2 Å². The largest absolute Gasteiger partial charge is 0.379 e. The van der Waals surface area contributed by atoms with Crippen LogP contribution in [0.15, 0.2) is 24.3 Å². The topological polar surface area (TPSA) is 44.8 Å². The van der Waals surface area contributed by atoms with Gasteiger partial charge in [0.2, 0.25) is 5.91 Å². The Hall–Kier alpha value is -1.14. The number of benzene rings is 1. The first-order valence-electron chi connectivity index (χ1n) is 9.76. The van der Waals surface area contributed by atoms with Crippen molar-refractivity contribution in [2.24, 2.45) is 5.92 Å². The van der Waals surface area contributed by atoms with E-state index < -0.39 is 0 Å². The van der Waals surface area contributed by atoms with Crippen molar-refractivity contribution in [3.8, 4) is 0 Å². The van der Waals surface area contributed by atoms with E-state index in [0.717, 1.165) is 88.9 Å². The Bertz CT molecular complexity index is 578. The van der Waals surface area contributed by atoms with Crippen molar-refractivity contribution in [3.63, 3.8) is 0 Å². The number of piperidine rings is 1. The summed E-state index contributed by atoms with van der Waals surface area (Å²) in [6.07, 6.45) is 3.05. The van der Waals surface area contributed by atoms with Gasteiger partial charge in [-0.15, -0.1) is 0 Å². The van der Waals surface area contributed by atoms with E-state index in [9.17, 15) is 4.79 Å². The molecule has 2 heterocycles. The van der Waals surface area contributed by atoms with E-state index in [0.29, 0.717) is 0 Å². The second-order valence-corrected chi connectivity index (χ2v) is 7.67. The maximum atomic E-state index is 12.5. The van der Waals surface area contributed by atoms with Gasteiger partial charge in [0.1, 0.15) is 0 Å². The van der Waals surface area contributed by atoms with Gasteiger partial charge in [0, 0.05) is 37.7 Å². The molecule has 2 saturated heterocycles. The van der Waals surface area contributed by atoms with Gasteiger partial charge < -0.3 is 10.1 Å². The number of morpholine rings is 1. The first kappa shape index (κ1) is 19.6. The van der Waals surface area contributed by atoms with Gasteiger partial charge in [-0.3, -0.25) is 14.6 Å². The number of likely N-dealkylation sites (tertiary alicyclic amines) is 1. The molecule has 1 aromatic rings. The van der Waals surface area contributed by atoms with E-state index in [4.69, 9.17) is 16.3 Å². The monoisotopic (exact) mass is 379 g/mol. The van der Waals surface area contributed by atoms with Gasteiger partial charge in [-0.1, -0.05) is 29.8 Å². The zero-order valence-corrected chi connectivity index (χ0v) is 16.2. The second kappa shape index (κ2) is 10.3. The third-order valence-corrected chi connectivity index (χ3v) is 5.65. The summed E-state index contributed by atoms with van der Waals surface area (Å²) in [4.78, 5) is 17.3. The summed E-state index contributed by atoms with van der Waals surface area (Å²) < 4.78 is 5.36. The predicted octanol–water partition coefficient (Wildman–Crippen LogP) is 2.39. The quantitative estimate of drug-likeness (QED) is 0.739. The van der Waals surface area contributed by atoms with Crippen LogP contribution in [0.3, 0.4) is 0 Å². The molecule has 3 rings (SSSR count). The van der Waals surface area contributed by atoms with Crippen LogP contribution < -0.4 is 5.32 Å². The lowest BCUT2D eigenvalue weighted by Crippen LogP contribution is -2.43. The molecule has 2 fully saturated rings. The first-order chi connectivity index (χ1) is 12.7. The van der Waals surface area contributed by atoms with Gasteiger partial charge in [-0.25, -0.2) is 0 Å². The van der Waals surface area contributed by atoms with E-state index in [-0.39, 0.29) is 11.8 Å². The molecule has 5 nitrogen and oxygen atoms in total. The highest BCUT2D eigenvalue weighted by Crippen LogP contribution is 2.22. The SMILES string of the molecule is O=C(NCCCN1CCOCC1)[C@@H]1CCCN(Cc2ccccc2Cl)C1. The molecular formula is C20H30ClN3O2. The molecule has 0 aromatic heterocycles. The van der Waals surface area contributed by atoms with Gasteiger partial charge in [-0.05, 0) is 44.0 Å². The van der Waals surface area contributed by atoms with Crippen molar-refractivity contribution >= 4 is 17.5 Å². The van der Waals surface area contributed by atoms with Crippen molar-refractivity contribution in [2.45, 2.75) is 25.8 Å². The number of ether oxygens (including phenoxy) is 1. The molecule has 0 aliphatic carbocycles. The van der Waals surface area contributed by atoms with Crippen LogP contribution in [0, 0.1) is 5.92 Å². The Morgan fingerprint density at radius 3 is 2.81 bits per heavy atom. The third kappa shape index (κ3) is 5.95. The van der Waals surface area contributed by atoms with Gasteiger partial charge >= 0.3 is 0 Å². The zero-order valence-electron chi connectivity index (χ0n) is 15.5. The lowest BCUT2D eigenvalue weighted by atomic mass is 9.96. The maximum absolute atomic E-state index is 12.5. The number of amides is 1. The predicted molar refractivity (Wildman–Crippen MR) is 104 cm³/mol. The van der Waals surface area contributed by atoms with Gasteiger partial charge in [-0.2, -0.15) is 0 Å². The number of halogens is 1. The lowest BCUT2D eigenvalue weighted by Gasteiger charge is -2.32. The zero-order chi connectivity index (χ0) is 18.2. The number of hydrogen-bond acceptors (Lipinski definition) is 4. The smallest absolute Gasteiger partial charge is 0.224 e. The van der Waals surface area contributed by atoms with E-state index in [1.807, 2.05) is 18.2 Å². The number of carbonyl (C=O) groups excluding carboxylic acids is 1. The van der Waals surface area contributed by atoms with E-state index in [1.54, 1.807) is 0 Å². The molecule has 144 valence electrons. The Kier molecular flexibility index (Phi) is 7.74. The molecule has 0 saturated carbocycles. The molecule has 1 amide bonds. The van der Waals surface area contributed by atoms with Crippen LogP contribution >= 0.6 is 11.6 Å². The lowest BCUT2D eigenvalue weighted by molar-refractivity contribution is -0.126. The van der Waals surface area contributed by atoms with Crippen molar-refractivity contribution in [1.29, 1.82) is 0 Å². The average Bonchev–Trinajstić information content (AvgIpc) is 2.68. The summed E-state index contributed by atoms with van der Waals surface area (Å²) >= 11 is 6.27. The minimum absolute atomic E-state index is 0.0922. The molecule has 1 atom stereocenters. The highest BCUT2D eigenvalue weighted by molar-refractivity contribution is 6.31. The summed E-state index contributed by atoms with van der Waals surface area (Å²) in [5, 5.41) is 3.95. The second-order valence-electron chi connectivity index (χ2n) is 7.26. The maximum Gasteiger partial charge on any atom is 0.224 e. The molecular weight excluding hydrogens is 350 g/mol. The van der Waals surface area contributed by atoms with Gasteiger partial charge in [0.25, 0.3) is 0 Å². The highest BCUT2D eigenvalue weighted by Gasteiger charge is 2.25. The van der Waals surface area contributed by atoms with Crippen LogP contribution in [0.1, 0.15) is 24.8 Å². The van der Waals surface area contributed by atoms with E-state index >= 15 is 0 Å². The first-order valence-corrected chi connectivity index (χ1v) is 10.1. The Labute approximate surface area is 161 Å². The fourth-order valence-corrected chi connectivity index (χ4v) is 3.96. The van der Waals surface area contributed by atoms with E-state index in [1.165, 1.54) is 0 Å². The number of nitrogens with zero attached hydrogens (tertiary/aromatic N) is 2. The molecule has 0 radical (unpaired) electrons. The summed E-state index contributed by atoms with van der Waals surface area (Å²) in [5.41, 5.74) is 1.14. The molecule has 0 unspecified atom stereocenters. The van der Waals surface area contributed by atoms with Crippen LogP contribution in [-0.2, 0) is 16.1 Å². The molecule has 6 heteroatoms. The van der Waals surface area contributed by atoms with Crippen LogP contribution in [0.4, 0.5) is 0 Å². The standard InChI is InChI=1S/C20H30ClN3O2/c21-19-7-2-1-5-17(19)15-24-9-3-6-18(16-24)20(25)22-8-4-10-23-11-13-26-14-12-23/h1-2,5,7,18H,3-4,6,8-16H2,(H,22,25)/t18-/m1/s1. The number of hydrogen-bond donors (Lipinski definition) is 1. The fourth-order valence-electron chi connectivity index (χ4n) is 3.76. The molecule has 0 bridgehead atoms. The molecule has 2 aliphatic heterocycles. The number of rotatable bonds is 7. The Balaban J connectivity index is 1.38. The van der Waals surface area contributed by atoms with Crippen LogP contribution in [-0.4, -0.2) is 68.2 Å². The molecule has 1 aromatic carbocycles. The third-order valence-electron chi connectivity index (χ3n) is 5.28. The van der Waals surface area contributed by atoms with Crippen LogP contribution in [0.25, 0.3) is 0 Å². The van der Waals surface area contributed by atoms with Gasteiger partial charge in [0.15, 0.2) is 0 Å². The summed E-state index contributed by atoms with van der Waals surface area (Å²) in [5.74, 6) is 0.297. The van der Waals surface area contributed by atoms with Gasteiger partial charge in [0.05, 0.1) is 19.1 Å². The van der Waals surface area contributed by atoms with Crippen molar-refractivity contribution in [3.05, 3.63) is 34.9 Å². The highest BCUT2D eigenvalue weighted by atomic mass is 35.5. The summed E-state index contributed by atoms with van der Waals surface area (Å²) in [6.45, 7) is 8.14. The van der Waals surface area contributed by atoms with Crippen molar-refractivity contribution in [2.75, 3.05) is 52.5 Å².